The Labute approximate surface area is 77.4 Å². The van der Waals surface area contributed by atoms with E-state index >= 15 is 0 Å². The minimum atomic E-state index is 0.801. The zero-order valence-corrected chi connectivity index (χ0v) is 7.54. The standard InChI is InChI=1S/C11H12N2/c1-8-4-5-9(12)7-10(8)11-3-2-6-13-11/h2-7,13H,12H2,1H3. The molecular formula is C11H12N2. The van der Waals surface area contributed by atoms with Crippen LogP contribution in [0.25, 0.3) is 11.3 Å². The quantitative estimate of drug-likeness (QED) is 0.638. The van der Waals surface area contributed by atoms with E-state index in [1.807, 2.05) is 36.5 Å². The molecule has 0 aliphatic heterocycles. The van der Waals surface area contributed by atoms with Crippen molar-refractivity contribution in [2.75, 3.05) is 5.73 Å². The molecule has 0 unspecified atom stereocenters. The van der Waals surface area contributed by atoms with E-state index in [-0.39, 0.29) is 0 Å². The molecule has 0 saturated carbocycles. The number of hydrogen-bond acceptors (Lipinski definition) is 1. The highest BCUT2D eigenvalue weighted by atomic mass is 14.7. The predicted molar refractivity (Wildman–Crippen MR) is 55.4 cm³/mol. The van der Waals surface area contributed by atoms with E-state index in [1.54, 1.807) is 0 Å². The Morgan fingerprint density at radius 3 is 2.77 bits per heavy atom. The molecule has 3 N–H and O–H groups in total. The number of aromatic nitrogens is 1. The van der Waals surface area contributed by atoms with Crippen molar-refractivity contribution in [1.29, 1.82) is 0 Å². The van der Waals surface area contributed by atoms with Crippen LogP contribution in [0.15, 0.2) is 36.5 Å². The predicted octanol–water partition coefficient (Wildman–Crippen LogP) is 2.57. The molecule has 0 amide bonds. The summed E-state index contributed by atoms with van der Waals surface area (Å²) in [6.07, 6.45) is 1.91. The fourth-order valence-electron chi connectivity index (χ4n) is 1.43. The summed E-state index contributed by atoms with van der Waals surface area (Å²) < 4.78 is 0. The van der Waals surface area contributed by atoms with Gasteiger partial charge in [-0.1, -0.05) is 6.07 Å². The van der Waals surface area contributed by atoms with E-state index in [1.165, 1.54) is 11.1 Å². The molecule has 13 heavy (non-hydrogen) atoms. The molecule has 1 aromatic carbocycles. The lowest BCUT2D eigenvalue weighted by Crippen LogP contribution is -1.88. The van der Waals surface area contributed by atoms with Crippen LogP contribution in [0.2, 0.25) is 0 Å². The van der Waals surface area contributed by atoms with Gasteiger partial charge in [-0.05, 0) is 36.8 Å². The average Bonchev–Trinajstić information content (AvgIpc) is 2.61. The lowest BCUT2D eigenvalue weighted by Gasteiger charge is -2.04. The van der Waals surface area contributed by atoms with Crippen LogP contribution in [0.3, 0.4) is 0 Å². The number of nitrogens with two attached hydrogens (primary N) is 1. The van der Waals surface area contributed by atoms with Crippen LogP contribution in [0.1, 0.15) is 5.56 Å². The van der Waals surface area contributed by atoms with Gasteiger partial charge in [-0.15, -0.1) is 0 Å². The zero-order chi connectivity index (χ0) is 9.26. The Morgan fingerprint density at radius 2 is 2.08 bits per heavy atom. The maximum Gasteiger partial charge on any atom is 0.0457 e. The highest BCUT2D eigenvalue weighted by molar-refractivity contribution is 5.67. The van der Waals surface area contributed by atoms with Crippen LogP contribution in [0.4, 0.5) is 5.69 Å². The van der Waals surface area contributed by atoms with Crippen LogP contribution in [-0.4, -0.2) is 4.98 Å². The molecule has 0 spiro atoms. The molecule has 2 aromatic rings. The molecule has 2 heteroatoms. The van der Waals surface area contributed by atoms with E-state index < -0.39 is 0 Å². The summed E-state index contributed by atoms with van der Waals surface area (Å²) in [7, 11) is 0. The Bertz CT molecular complexity index is 402. The number of anilines is 1. The van der Waals surface area contributed by atoms with Crippen LogP contribution < -0.4 is 5.73 Å². The molecule has 0 atom stereocenters. The normalized spacial score (nSPS) is 10.2. The molecule has 0 bridgehead atoms. The van der Waals surface area contributed by atoms with Crippen LogP contribution >= 0.6 is 0 Å². The van der Waals surface area contributed by atoms with Crippen molar-refractivity contribution in [3.8, 4) is 11.3 Å². The van der Waals surface area contributed by atoms with Gasteiger partial charge in [0, 0.05) is 23.1 Å². The van der Waals surface area contributed by atoms with Gasteiger partial charge in [0.05, 0.1) is 0 Å². The molecule has 2 rings (SSSR count). The first-order valence-corrected chi connectivity index (χ1v) is 4.27. The van der Waals surface area contributed by atoms with Gasteiger partial charge in [-0.25, -0.2) is 0 Å². The van der Waals surface area contributed by atoms with E-state index in [4.69, 9.17) is 5.73 Å². The summed E-state index contributed by atoms with van der Waals surface area (Å²) in [6, 6.07) is 9.97. The molecule has 0 fully saturated rings. The molecule has 0 aliphatic carbocycles. The minimum absolute atomic E-state index is 0.801. The number of H-pyrrole nitrogens is 1. The molecular weight excluding hydrogens is 160 g/mol. The van der Waals surface area contributed by atoms with E-state index in [0.29, 0.717) is 0 Å². The fraction of sp³-hybridized carbons (Fsp3) is 0.0909. The molecule has 1 aromatic heterocycles. The molecule has 66 valence electrons. The first-order chi connectivity index (χ1) is 6.27. The molecule has 2 nitrogen and oxygen atoms in total. The van der Waals surface area contributed by atoms with Crippen molar-refractivity contribution in [3.63, 3.8) is 0 Å². The number of aromatic amines is 1. The molecule has 0 saturated heterocycles. The van der Waals surface area contributed by atoms with Crippen LogP contribution in [0.5, 0.6) is 0 Å². The van der Waals surface area contributed by atoms with Crippen molar-refractivity contribution >= 4 is 5.69 Å². The lowest BCUT2D eigenvalue weighted by atomic mass is 10.1. The number of hydrogen-bond donors (Lipinski definition) is 2. The average molecular weight is 172 g/mol. The lowest BCUT2D eigenvalue weighted by molar-refractivity contribution is 1.37. The summed E-state index contributed by atoms with van der Waals surface area (Å²) in [5, 5.41) is 0. The van der Waals surface area contributed by atoms with E-state index in [9.17, 15) is 0 Å². The summed E-state index contributed by atoms with van der Waals surface area (Å²) in [6.45, 7) is 2.08. The van der Waals surface area contributed by atoms with Crippen LogP contribution in [0, 0.1) is 6.92 Å². The number of nitrogens with one attached hydrogen (secondary N) is 1. The van der Waals surface area contributed by atoms with Gasteiger partial charge in [0.1, 0.15) is 0 Å². The summed E-state index contributed by atoms with van der Waals surface area (Å²) in [5.74, 6) is 0. The summed E-state index contributed by atoms with van der Waals surface area (Å²) in [4.78, 5) is 3.17. The summed E-state index contributed by atoms with van der Waals surface area (Å²) >= 11 is 0. The topological polar surface area (TPSA) is 41.8 Å². The van der Waals surface area contributed by atoms with Crippen LogP contribution in [-0.2, 0) is 0 Å². The second-order valence-corrected chi connectivity index (χ2v) is 3.16. The Morgan fingerprint density at radius 1 is 1.23 bits per heavy atom. The first kappa shape index (κ1) is 7.92. The minimum Gasteiger partial charge on any atom is -0.399 e. The summed E-state index contributed by atoms with van der Waals surface area (Å²) in [5.41, 5.74) is 10.0. The Kier molecular flexibility index (Phi) is 1.81. The Balaban J connectivity index is 2.57. The van der Waals surface area contributed by atoms with Crippen molar-refractivity contribution in [2.45, 2.75) is 6.92 Å². The van der Waals surface area contributed by atoms with Crippen molar-refractivity contribution in [2.24, 2.45) is 0 Å². The van der Waals surface area contributed by atoms with Gasteiger partial charge in [-0.3, -0.25) is 0 Å². The third-order valence-electron chi connectivity index (χ3n) is 2.15. The molecule has 1 heterocycles. The van der Waals surface area contributed by atoms with Gasteiger partial charge in [0.2, 0.25) is 0 Å². The van der Waals surface area contributed by atoms with E-state index in [2.05, 4.69) is 11.9 Å². The highest BCUT2D eigenvalue weighted by Gasteiger charge is 2.01. The van der Waals surface area contributed by atoms with Crippen molar-refractivity contribution < 1.29 is 0 Å². The first-order valence-electron chi connectivity index (χ1n) is 4.27. The van der Waals surface area contributed by atoms with Gasteiger partial charge < -0.3 is 10.7 Å². The molecule has 0 radical (unpaired) electrons. The number of nitrogen functional groups attached to an aromatic ring is 1. The number of benzene rings is 1. The highest BCUT2D eigenvalue weighted by Crippen LogP contribution is 2.23. The third-order valence-corrected chi connectivity index (χ3v) is 2.15. The van der Waals surface area contributed by atoms with Crippen molar-refractivity contribution in [3.05, 3.63) is 42.1 Å². The number of rotatable bonds is 1. The van der Waals surface area contributed by atoms with Gasteiger partial charge in [0.15, 0.2) is 0 Å². The third kappa shape index (κ3) is 1.43. The largest absolute Gasteiger partial charge is 0.399 e. The maximum atomic E-state index is 5.72. The monoisotopic (exact) mass is 172 g/mol. The van der Waals surface area contributed by atoms with Gasteiger partial charge in [-0.2, -0.15) is 0 Å². The zero-order valence-electron chi connectivity index (χ0n) is 7.54. The molecule has 0 aliphatic rings. The SMILES string of the molecule is Cc1ccc(N)cc1-c1ccc[nH]1. The second-order valence-electron chi connectivity index (χ2n) is 3.16. The fourth-order valence-corrected chi connectivity index (χ4v) is 1.43. The van der Waals surface area contributed by atoms with E-state index in [0.717, 1.165) is 11.4 Å². The van der Waals surface area contributed by atoms with Gasteiger partial charge in [0.25, 0.3) is 0 Å². The maximum absolute atomic E-state index is 5.72. The van der Waals surface area contributed by atoms with Crippen molar-refractivity contribution in [1.82, 2.24) is 4.98 Å². The smallest absolute Gasteiger partial charge is 0.0457 e. The van der Waals surface area contributed by atoms with Gasteiger partial charge >= 0.3 is 0 Å². The number of aryl methyl sites for hydroxylation is 1. The Hall–Kier alpha value is -1.70. The second kappa shape index (κ2) is 2.98.